The Morgan fingerprint density at radius 2 is 1.64 bits per heavy atom. The van der Waals surface area contributed by atoms with Crippen LogP contribution in [0.5, 0.6) is 0 Å². The molecule has 170 valence electrons. The van der Waals surface area contributed by atoms with E-state index in [1.54, 1.807) is 32.8 Å². The van der Waals surface area contributed by atoms with Crippen molar-refractivity contribution < 1.29 is 14.0 Å². The highest BCUT2D eigenvalue weighted by Crippen LogP contribution is 2.28. The van der Waals surface area contributed by atoms with Gasteiger partial charge in [0, 0.05) is 49.3 Å². The second-order valence-electron chi connectivity index (χ2n) is 8.54. The zero-order valence-corrected chi connectivity index (χ0v) is 18.4. The molecule has 1 aromatic carbocycles. The highest BCUT2D eigenvalue weighted by molar-refractivity contribution is 5.94. The van der Waals surface area contributed by atoms with Crippen LogP contribution < -0.4 is 0 Å². The molecule has 1 fully saturated rings. The van der Waals surface area contributed by atoms with Crippen molar-refractivity contribution in [3.05, 3.63) is 77.1 Å². The van der Waals surface area contributed by atoms with Crippen LogP contribution >= 0.6 is 0 Å². The molecule has 0 saturated carbocycles. The van der Waals surface area contributed by atoms with E-state index in [4.69, 9.17) is 5.10 Å². The third-order valence-electron chi connectivity index (χ3n) is 6.43. The number of aromatic nitrogens is 3. The van der Waals surface area contributed by atoms with E-state index in [1.165, 1.54) is 12.1 Å². The van der Waals surface area contributed by atoms with Crippen molar-refractivity contribution in [3.8, 4) is 5.69 Å². The lowest BCUT2D eigenvalue weighted by atomic mass is 9.95. The van der Waals surface area contributed by atoms with Crippen LogP contribution in [0, 0.1) is 5.82 Å². The normalized spacial score (nSPS) is 15.9. The fourth-order valence-electron chi connectivity index (χ4n) is 4.64. The van der Waals surface area contributed by atoms with Gasteiger partial charge in [0.25, 0.3) is 5.91 Å². The minimum Gasteiger partial charge on any atom is -0.339 e. The standard InChI is InChI=1S/C25H26FN5O2/c26-18-8-10-20(11-9-18)31-22-7-2-1-6-21(22)24(28-31)25(33)30-15-13-29(14-16-30)23(32)17-19-5-3-4-12-27-19/h3-5,8-12H,1-2,6-7,13-17H2. The maximum Gasteiger partial charge on any atom is 0.274 e. The third-order valence-corrected chi connectivity index (χ3v) is 6.43. The summed E-state index contributed by atoms with van der Waals surface area (Å²) in [4.78, 5) is 33.9. The molecular weight excluding hydrogens is 421 g/mol. The van der Waals surface area contributed by atoms with Crippen molar-refractivity contribution in [1.82, 2.24) is 24.6 Å². The van der Waals surface area contributed by atoms with Crippen LogP contribution in [0.2, 0.25) is 0 Å². The Labute approximate surface area is 191 Å². The molecule has 2 amide bonds. The van der Waals surface area contributed by atoms with E-state index in [9.17, 15) is 14.0 Å². The van der Waals surface area contributed by atoms with Crippen LogP contribution in [0.15, 0.2) is 48.7 Å². The van der Waals surface area contributed by atoms with E-state index in [-0.39, 0.29) is 24.1 Å². The number of carbonyl (C=O) groups is 2. The molecule has 0 N–H and O–H groups in total. The number of benzene rings is 1. The Morgan fingerprint density at radius 3 is 2.36 bits per heavy atom. The number of hydrogen-bond donors (Lipinski definition) is 0. The monoisotopic (exact) mass is 447 g/mol. The molecule has 0 unspecified atom stereocenters. The molecule has 3 aromatic rings. The van der Waals surface area contributed by atoms with Gasteiger partial charge in [-0.3, -0.25) is 14.6 Å². The number of rotatable bonds is 4. The Morgan fingerprint density at radius 1 is 0.909 bits per heavy atom. The average Bonchev–Trinajstić information content (AvgIpc) is 3.24. The first-order valence-corrected chi connectivity index (χ1v) is 11.4. The van der Waals surface area contributed by atoms with E-state index in [1.807, 2.05) is 18.2 Å². The Hall–Kier alpha value is -3.55. The first kappa shape index (κ1) is 21.3. The van der Waals surface area contributed by atoms with Gasteiger partial charge in [0.1, 0.15) is 5.82 Å². The molecule has 2 aromatic heterocycles. The number of halogens is 1. The Bertz CT molecular complexity index is 1150. The molecular formula is C25H26FN5O2. The SMILES string of the molecule is O=C(Cc1ccccn1)N1CCN(C(=O)c2nn(-c3ccc(F)cc3)c3c2CCCC3)CC1. The summed E-state index contributed by atoms with van der Waals surface area (Å²) in [5.74, 6) is -0.365. The van der Waals surface area contributed by atoms with Gasteiger partial charge in [0.15, 0.2) is 5.69 Å². The molecule has 1 aliphatic heterocycles. The summed E-state index contributed by atoms with van der Waals surface area (Å²) in [6, 6.07) is 11.8. The Kier molecular flexibility index (Phi) is 5.90. The number of carbonyl (C=O) groups excluding carboxylic acids is 2. The van der Waals surface area contributed by atoms with Crippen LogP contribution in [0.1, 0.15) is 40.3 Å². The topological polar surface area (TPSA) is 71.3 Å². The lowest BCUT2D eigenvalue weighted by Gasteiger charge is -2.34. The van der Waals surface area contributed by atoms with Gasteiger partial charge in [-0.1, -0.05) is 6.07 Å². The third kappa shape index (κ3) is 4.37. The van der Waals surface area contributed by atoms with E-state index >= 15 is 0 Å². The fraction of sp³-hybridized carbons (Fsp3) is 0.360. The number of piperazine rings is 1. The smallest absolute Gasteiger partial charge is 0.274 e. The van der Waals surface area contributed by atoms with Crippen LogP contribution in [-0.4, -0.2) is 62.6 Å². The van der Waals surface area contributed by atoms with Crippen molar-refractivity contribution in [2.45, 2.75) is 32.1 Å². The molecule has 33 heavy (non-hydrogen) atoms. The molecule has 3 heterocycles. The summed E-state index contributed by atoms with van der Waals surface area (Å²) in [6.07, 6.45) is 5.70. The van der Waals surface area contributed by atoms with Gasteiger partial charge in [-0.2, -0.15) is 5.10 Å². The predicted molar refractivity (Wildman–Crippen MR) is 121 cm³/mol. The lowest BCUT2D eigenvalue weighted by molar-refractivity contribution is -0.132. The zero-order chi connectivity index (χ0) is 22.8. The number of fused-ring (bicyclic) bond motifs is 1. The molecule has 7 nitrogen and oxygen atoms in total. The van der Waals surface area contributed by atoms with Crippen LogP contribution in [0.25, 0.3) is 5.69 Å². The second-order valence-corrected chi connectivity index (χ2v) is 8.54. The van der Waals surface area contributed by atoms with Crippen molar-refractivity contribution >= 4 is 11.8 Å². The first-order valence-electron chi connectivity index (χ1n) is 11.4. The molecule has 5 rings (SSSR count). The van der Waals surface area contributed by atoms with Crippen LogP contribution in [-0.2, 0) is 24.1 Å². The van der Waals surface area contributed by atoms with Crippen molar-refractivity contribution in [1.29, 1.82) is 0 Å². The van der Waals surface area contributed by atoms with E-state index in [0.717, 1.165) is 48.3 Å². The fourth-order valence-corrected chi connectivity index (χ4v) is 4.64. The van der Waals surface area contributed by atoms with E-state index in [0.29, 0.717) is 31.9 Å². The minimum absolute atomic E-state index is 0.0266. The molecule has 0 spiro atoms. The summed E-state index contributed by atoms with van der Waals surface area (Å²) >= 11 is 0. The van der Waals surface area contributed by atoms with E-state index < -0.39 is 0 Å². The number of nitrogens with zero attached hydrogens (tertiary/aromatic N) is 5. The summed E-state index contributed by atoms with van der Waals surface area (Å²) in [5.41, 5.74) is 4.05. The lowest BCUT2D eigenvalue weighted by Crippen LogP contribution is -2.51. The average molecular weight is 448 g/mol. The molecule has 8 heteroatoms. The van der Waals surface area contributed by atoms with Crippen molar-refractivity contribution in [2.75, 3.05) is 26.2 Å². The van der Waals surface area contributed by atoms with E-state index in [2.05, 4.69) is 4.98 Å². The van der Waals surface area contributed by atoms with Crippen molar-refractivity contribution in [3.63, 3.8) is 0 Å². The predicted octanol–water partition coefficient (Wildman–Crippen LogP) is 2.81. The van der Waals surface area contributed by atoms with Crippen LogP contribution in [0.4, 0.5) is 4.39 Å². The van der Waals surface area contributed by atoms with Gasteiger partial charge >= 0.3 is 0 Å². The maximum absolute atomic E-state index is 13.4. The molecule has 1 saturated heterocycles. The van der Waals surface area contributed by atoms with Gasteiger partial charge in [-0.05, 0) is 62.1 Å². The van der Waals surface area contributed by atoms with Gasteiger partial charge in [-0.25, -0.2) is 9.07 Å². The van der Waals surface area contributed by atoms with Crippen LogP contribution in [0.3, 0.4) is 0 Å². The summed E-state index contributed by atoms with van der Waals surface area (Å²) < 4.78 is 15.2. The molecule has 0 radical (unpaired) electrons. The summed E-state index contributed by atoms with van der Waals surface area (Å²) in [7, 11) is 0. The minimum atomic E-state index is -0.300. The quantitative estimate of drug-likeness (QED) is 0.617. The molecule has 0 atom stereocenters. The van der Waals surface area contributed by atoms with Gasteiger partial charge in [0.2, 0.25) is 5.91 Å². The maximum atomic E-state index is 13.4. The van der Waals surface area contributed by atoms with Crippen molar-refractivity contribution in [2.24, 2.45) is 0 Å². The highest BCUT2D eigenvalue weighted by atomic mass is 19.1. The summed E-state index contributed by atoms with van der Waals surface area (Å²) in [5, 5.41) is 4.69. The largest absolute Gasteiger partial charge is 0.339 e. The van der Waals surface area contributed by atoms with Gasteiger partial charge < -0.3 is 9.80 Å². The number of hydrogen-bond acceptors (Lipinski definition) is 4. The Balaban J connectivity index is 1.30. The highest BCUT2D eigenvalue weighted by Gasteiger charge is 2.31. The number of pyridine rings is 1. The first-order chi connectivity index (χ1) is 16.1. The summed E-state index contributed by atoms with van der Waals surface area (Å²) in [6.45, 7) is 1.95. The van der Waals surface area contributed by atoms with Gasteiger partial charge in [0.05, 0.1) is 12.1 Å². The molecule has 1 aliphatic carbocycles. The molecule has 0 bridgehead atoms. The second kappa shape index (κ2) is 9.13. The molecule has 2 aliphatic rings. The number of amides is 2. The van der Waals surface area contributed by atoms with Gasteiger partial charge in [-0.15, -0.1) is 0 Å². The zero-order valence-electron chi connectivity index (χ0n) is 18.4.